The van der Waals surface area contributed by atoms with Crippen LogP contribution < -0.4 is 4.90 Å². The first-order valence-electron chi connectivity index (χ1n) is 29.9. The van der Waals surface area contributed by atoms with Gasteiger partial charge in [-0.25, -0.2) is 0 Å². The van der Waals surface area contributed by atoms with Crippen LogP contribution in [0.4, 0.5) is 17.1 Å². The molecule has 0 bridgehead atoms. The molecule has 14 aromatic carbocycles. The maximum absolute atomic E-state index is 2.41. The molecule has 0 atom stereocenters. The van der Waals surface area contributed by atoms with Gasteiger partial charge in [0.15, 0.2) is 0 Å². The molecule has 0 fully saturated rings. The summed E-state index contributed by atoms with van der Waals surface area (Å²) in [5.74, 6) is 0. The van der Waals surface area contributed by atoms with E-state index in [4.69, 9.17) is 0 Å². The quantitative estimate of drug-likeness (QED) is 0.119. The summed E-state index contributed by atoms with van der Waals surface area (Å²) in [6.45, 7) is 0. The molecule has 408 valence electrons. The molecule has 0 saturated carbocycles. The molecule has 2 aromatic heterocycles. The second-order valence-corrected chi connectivity index (χ2v) is 22.5. The zero-order chi connectivity index (χ0) is 57.6. The molecular formula is C84H57N3. The Labute approximate surface area is 506 Å². The van der Waals surface area contributed by atoms with Gasteiger partial charge in [0.25, 0.3) is 0 Å². The lowest BCUT2D eigenvalue weighted by Crippen LogP contribution is -2.09. The van der Waals surface area contributed by atoms with Crippen molar-refractivity contribution in [3.05, 3.63) is 346 Å². The molecule has 3 nitrogen and oxygen atoms in total. The lowest BCUT2D eigenvalue weighted by Gasteiger charge is -2.26. The van der Waals surface area contributed by atoms with Crippen molar-refractivity contribution in [2.75, 3.05) is 4.90 Å². The molecule has 16 rings (SSSR count). The molecule has 16 aromatic rings. The standard InChI is InChI=1S/C84H57N3/c1-5-17-58(18-6-1)62-29-41-72(42-30-62)85(73-43-31-63(32-44-73)59-19-7-2-8-20-59)74-45-37-66(38-46-74)69-53-70(67-39-51-83-79(56-67)77-25-13-15-27-81(77)86(83)75-47-33-64(34-48-75)60-21-9-3-10-22-60)55-71(54-69)68-40-52-84-80(57-68)78-26-14-16-28-82(78)87(84)76-49-35-65(36-50-76)61-23-11-4-12-24-61/h1-57H. The van der Waals surface area contributed by atoms with Crippen molar-refractivity contribution < 1.29 is 0 Å². The number of fused-ring (bicyclic) bond motifs is 6. The Morgan fingerprint density at radius 3 is 0.736 bits per heavy atom. The largest absolute Gasteiger partial charge is 0.311 e. The predicted octanol–water partition coefficient (Wildman–Crippen LogP) is 23.0. The van der Waals surface area contributed by atoms with Crippen LogP contribution in [0, 0.1) is 0 Å². The van der Waals surface area contributed by atoms with E-state index in [0.29, 0.717) is 0 Å². The second kappa shape index (κ2) is 21.9. The number of aromatic nitrogens is 2. The van der Waals surface area contributed by atoms with Crippen molar-refractivity contribution in [2.45, 2.75) is 0 Å². The van der Waals surface area contributed by atoms with Gasteiger partial charge in [-0.15, -0.1) is 0 Å². The number of nitrogens with zero attached hydrogens (tertiary/aromatic N) is 3. The molecule has 87 heavy (non-hydrogen) atoms. The van der Waals surface area contributed by atoms with E-state index < -0.39 is 0 Å². The van der Waals surface area contributed by atoms with Crippen LogP contribution in [0.5, 0.6) is 0 Å². The molecule has 0 N–H and O–H groups in total. The summed E-state index contributed by atoms with van der Waals surface area (Å²) in [6.07, 6.45) is 0. The van der Waals surface area contributed by atoms with E-state index in [1.54, 1.807) is 0 Å². The van der Waals surface area contributed by atoms with Gasteiger partial charge in [-0.05, 0) is 193 Å². The summed E-state index contributed by atoms with van der Waals surface area (Å²) in [5, 5.41) is 4.87. The van der Waals surface area contributed by atoms with E-state index in [-0.39, 0.29) is 0 Å². The zero-order valence-electron chi connectivity index (χ0n) is 47.8. The minimum Gasteiger partial charge on any atom is -0.311 e. The molecule has 0 amide bonds. The Kier molecular flexibility index (Phi) is 12.9. The third kappa shape index (κ3) is 9.54. The minimum atomic E-state index is 1.07. The molecule has 0 aliphatic heterocycles. The van der Waals surface area contributed by atoms with E-state index in [2.05, 4.69) is 360 Å². The van der Waals surface area contributed by atoms with E-state index in [1.165, 1.54) is 88.1 Å². The molecule has 0 aliphatic rings. The van der Waals surface area contributed by atoms with E-state index in [1.807, 2.05) is 0 Å². The first-order valence-corrected chi connectivity index (χ1v) is 29.9. The Hall–Kier alpha value is -11.5. The van der Waals surface area contributed by atoms with Gasteiger partial charge in [-0.1, -0.05) is 231 Å². The fourth-order valence-corrected chi connectivity index (χ4v) is 13.0. The average molecular weight is 1110 g/mol. The highest BCUT2D eigenvalue weighted by molar-refractivity contribution is 6.12. The maximum atomic E-state index is 2.41. The topological polar surface area (TPSA) is 13.1 Å². The first kappa shape index (κ1) is 51.1. The predicted molar refractivity (Wildman–Crippen MR) is 368 cm³/mol. The van der Waals surface area contributed by atoms with Crippen LogP contribution in [0.15, 0.2) is 346 Å². The number of para-hydroxylation sites is 2. The average Bonchev–Trinajstić information content (AvgIpc) is 2.16. The van der Waals surface area contributed by atoms with Crippen molar-refractivity contribution in [3.63, 3.8) is 0 Å². The molecule has 2 heterocycles. The Morgan fingerprint density at radius 2 is 0.402 bits per heavy atom. The fraction of sp³-hybridized carbons (Fsp3) is 0. The summed E-state index contributed by atoms with van der Waals surface area (Å²) in [4.78, 5) is 2.36. The van der Waals surface area contributed by atoms with Crippen molar-refractivity contribution in [2.24, 2.45) is 0 Å². The van der Waals surface area contributed by atoms with Gasteiger partial charge in [0, 0.05) is 50.0 Å². The third-order valence-corrected chi connectivity index (χ3v) is 17.3. The van der Waals surface area contributed by atoms with Crippen molar-refractivity contribution in [3.8, 4) is 89.3 Å². The highest BCUT2D eigenvalue weighted by Crippen LogP contribution is 2.43. The van der Waals surface area contributed by atoms with Gasteiger partial charge in [0.2, 0.25) is 0 Å². The van der Waals surface area contributed by atoms with E-state index in [9.17, 15) is 0 Å². The normalized spacial score (nSPS) is 11.4. The van der Waals surface area contributed by atoms with Crippen LogP contribution in [0.2, 0.25) is 0 Å². The summed E-state index contributed by atoms with van der Waals surface area (Å²) in [6, 6.07) is 126. The smallest absolute Gasteiger partial charge is 0.0541 e. The van der Waals surface area contributed by atoms with Crippen LogP contribution in [0.3, 0.4) is 0 Å². The lowest BCUT2D eigenvalue weighted by molar-refractivity contribution is 1.18. The zero-order valence-corrected chi connectivity index (χ0v) is 47.8. The number of rotatable bonds is 12. The summed E-state index contributed by atoms with van der Waals surface area (Å²) in [7, 11) is 0. The fourth-order valence-electron chi connectivity index (χ4n) is 13.0. The lowest BCUT2D eigenvalue weighted by atomic mass is 9.92. The van der Waals surface area contributed by atoms with Gasteiger partial charge in [-0.2, -0.15) is 0 Å². The third-order valence-electron chi connectivity index (χ3n) is 17.3. The van der Waals surface area contributed by atoms with Gasteiger partial charge in [0.05, 0.1) is 22.1 Å². The SMILES string of the molecule is c1ccc(-c2ccc(N(c3ccc(-c4ccccc4)cc3)c3ccc(-c4cc(-c5ccc6c(c5)c5ccccc5n6-c5ccc(-c6ccccc6)cc5)cc(-c5ccc6c(c5)c5ccccc5n6-c5ccc(-c6ccccc6)cc5)c4)cc3)cc2)cc1. The second-order valence-electron chi connectivity index (χ2n) is 22.5. The Morgan fingerprint density at radius 1 is 0.161 bits per heavy atom. The van der Waals surface area contributed by atoms with Crippen molar-refractivity contribution in [1.29, 1.82) is 0 Å². The van der Waals surface area contributed by atoms with E-state index >= 15 is 0 Å². The van der Waals surface area contributed by atoms with Gasteiger partial charge in [0.1, 0.15) is 0 Å². The molecule has 0 radical (unpaired) electrons. The van der Waals surface area contributed by atoms with Crippen molar-refractivity contribution >= 4 is 60.7 Å². The molecular weight excluding hydrogens is 1050 g/mol. The Balaban J connectivity index is 0.825. The monoisotopic (exact) mass is 1110 g/mol. The van der Waals surface area contributed by atoms with Crippen LogP contribution in [0.25, 0.3) is 133 Å². The minimum absolute atomic E-state index is 1.07. The van der Waals surface area contributed by atoms with Gasteiger partial charge in [-0.3, -0.25) is 0 Å². The molecule has 0 saturated heterocycles. The van der Waals surface area contributed by atoms with E-state index in [0.717, 1.165) is 61.8 Å². The molecule has 3 heteroatoms. The Bertz CT molecular complexity index is 4820. The number of hydrogen-bond acceptors (Lipinski definition) is 1. The first-order chi connectivity index (χ1) is 43.1. The van der Waals surface area contributed by atoms with Gasteiger partial charge < -0.3 is 14.0 Å². The molecule has 0 aliphatic carbocycles. The highest BCUT2D eigenvalue weighted by Gasteiger charge is 2.19. The maximum Gasteiger partial charge on any atom is 0.0541 e. The summed E-state index contributed by atoms with van der Waals surface area (Å²) in [5.41, 5.74) is 26.7. The summed E-state index contributed by atoms with van der Waals surface area (Å²) >= 11 is 0. The van der Waals surface area contributed by atoms with Crippen LogP contribution >= 0.6 is 0 Å². The highest BCUT2D eigenvalue weighted by atomic mass is 15.1. The molecule has 0 unspecified atom stereocenters. The molecule has 0 spiro atoms. The number of hydrogen-bond donors (Lipinski definition) is 0. The van der Waals surface area contributed by atoms with Gasteiger partial charge >= 0.3 is 0 Å². The number of benzene rings is 14. The van der Waals surface area contributed by atoms with Crippen LogP contribution in [-0.2, 0) is 0 Å². The summed E-state index contributed by atoms with van der Waals surface area (Å²) < 4.78 is 4.82. The van der Waals surface area contributed by atoms with Crippen LogP contribution in [0.1, 0.15) is 0 Å². The van der Waals surface area contributed by atoms with Crippen LogP contribution in [-0.4, -0.2) is 9.13 Å². The van der Waals surface area contributed by atoms with Crippen molar-refractivity contribution in [1.82, 2.24) is 9.13 Å². The number of anilines is 3.